The second-order valence-electron chi connectivity index (χ2n) is 7.70. The van der Waals surface area contributed by atoms with Crippen LogP contribution in [0.3, 0.4) is 0 Å². The number of amides is 2. The van der Waals surface area contributed by atoms with Crippen LogP contribution in [0.5, 0.6) is 0 Å². The summed E-state index contributed by atoms with van der Waals surface area (Å²) in [6, 6.07) is 10.3. The summed E-state index contributed by atoms with van der Waals surface area (Å²) in [6.45, 7) is 6.80. The van der Waals surface area contributed by atoms with E-state index < -0.39 is 0 Å². The number of thiophene rings is 1. The Balaban J connectivity index is 1.51. The predicted octanol–water partition coefficient (Wildman–Crippen LogP) is 2.77. The van der Waals surface area contributed by atoms with Crippen LogP contribution < -0.4 is 5.32 Å². The molecule has 1 aromatic carbocycles. The number of carbonyl (C=O) groups is 2. The van der Waals surface area contributed by atoms with Gasteiger partial charge in [0.05, 0.1) is 12.1 Å². The van der Waals surface area contributed by atoms with Crippen molar-refractivity contribution in [1.82, 2.24) is 15.1 Å². The number of rotatable bonds is 6. The molecule has 5 nitrogen and oxygen atoms in total. The van der Waals surface area contributed by atoms with E-state index in [2.05, 4.69) is 48.3 Å². The largest absolute Gasteiger partial charge is 0.353 e. The van der Waals surface area contributed by atoms with E-state index in [0.29, 0.717) is 12.1 Å². The maximum Gasteiger partial charge on any atom is 0.254 e. The van der Waals surface area contributed by atoms with Gasteiger partial charge in [0.15, 0.2) is 0 Å². The lowest BCUT2D eigenvalue weighted by atomic mass is 9.94. The Morgan fingerprint density at radius 1 is 1.22 bits per heavy atom. The maximum atomic E-state index is 12.3. The highest BCUT2D eigenvalue weighted by atomic mass is 32.1. The Morgan fingerprint density at radius 2 is 1.96 bits per heavy atom. The molecule has 0 unspecified atom stereocenters. The van der Waals surface area contributed by atoms with Gasteiger partial charge >= 0.3 is 0 Å². The van der Waals surface area contributed by atoms with Gasteiger partial charge in [0.25, 0.3) is 5.91 Å². The van der Waals surface area contributed by atoms with E-state index in [4.69, 9.17) is 0 Å². The molecule has 1 aliphatic rings. The third kappa shape index (κ3) is 4.76. The number of hydrogen-bond donors (Lipinski definition) is 1. The minimum absolute atomic E-state index is 0.0631. The molecule has 3 rings (SSSR count). The molecule has 0 spiro atoms. The molecule has 1 N–H and O–H groups in total. The van der Waals surface area contributed by atoms with Crippen LogP contribution >= 0.6 is 11.3 Å². The van der Waals surface area contributed by atoms with Crippen LogP contribution in [0, 0.1) is 0 Å². The molecule has 2 aromatic rings. The number of nitrogens with zero attached hydrogens (tertiary/aromatic N) is 2. The van der Waals surface area contributed by atoms with Gasteiger partial charge in [-0.05, 0) is 42.8 Å². The van der Waals surface area contributed by atoms with Crippen molar-refractivity contribution < 1.29 is 9.59 Å². The molecule has 0 bridgehead atoms. The molecule has 0 saturated heterocycles. The van der Waals surface area contributed by atoms with Crippen molar-refractivity contribution in [2.24, 2.45) is 0 Å². The van der Waals surface area contributed by atoms with Gasteiger partial charge in [-0.15, -0.1) is 0 Å². The number of carbonyl (C=O) groups excluding carboxylic acids is 2. The van der Waals surface area contributed by atoms with Crippen molar-refractivity contribution in [1.29, 1.82) is 0 Å². The summed E-state index contributed by atoms with van der Waals surface area (Å²) in [4.78, 5) is 28.5. The lowest BCUT2D eigenvalue weighted by molar-refractivity contribution is -0.122. The van der Waals surface area contributed by atoms with Crippen LogP contribution in [-0.2, 0) is 17.8 Å². The zero-order chi connectivity index (χ0) is 19.4. The van der Waals surface area contributed by atoms with E-state index in [9.17, 15) is 9.59 Å². The molecule has 6 heteroatoms. The smallest absolute Gasteiger partial charge is 0.254 e. The number of hydrogen-bond acceptors (Lipinski definition) is 4. The standard InChI is InChI=1S/C21H27N3O2S/c1-21(2,24-10-8-16-6-4-5-7-17(16)12-24)15-22-19(25)13-23(3)20(26)18-9-11-27-14-18/h4-7,9,11,14H,8,10,12-13,15H2,1-3H3,(H,22,25). The van der Waals surface area contributed by atoms with Crippen molar-refractivity contribution in [2.45, 2.75) is 32.4 Å². The third-order valence-corrected chi connectivity index (χ3v) is 5.88. The van der Waals surface area contributed by atoms with E-state index in [1.54, 1.807) is 18.5 Å². The molecule has 0 radical (unpaired) electrons. The molecule has 0 aliphatic carbocycles. The van der Waals surface area contributed by atoms with Crippen LogP contribution in [0.1, 0.15) is 35.3 Å². The normalized spacial score (nSPS) is 14.5. The summed E-state index contributed by atoms with van der Waals surface area (Å²) in [5.74, 6) is -0.259. The van der Waals surface area contributed by atoms with Gasteiger partial charge < -0.3 is 10.2 Å². The highest BCUT2D eigenvalue weighted by Gasteiger charge is 2.30. The first kappa shape index (κ1) is 19.6. The molecular formula is C21H27N3O2S. The third-order valence-electron chi connectivity index (χ3n) is 5.20. The molecule has 2 heterocycles. The van der Waals surface area contributed by atoms with Gasteiger partial charge in [-0.25, -0.2) is 0 Å². The summed E-state index contributed by atoms with van der Waals surface area (Å²) in [6.07, 6.45) is 1.03. The number of likely N-dealkylation sites (N-methyl/N-ethyl adjacent to an activating group) is 1. The van der Waals surface area contributed by atoms with Crippen molar-refractivity contribution >= 4 is 23.2 Å². The first-order chi connectivity index (χ1) is 12.9. The molecule has 27 heavy (non-hydrogen) atoms. The lowest BCUT2D eigenvalue weighted by Crippen LogP contribution is -2.54. The molecule has 144 valence electrons. The van der Waals surface area contributed by atoms with Gasteiger partial charge in [-0.3, -0.25) is 14.5 Å². The summed E-state index contributed by atoms with van der Waals surface area (Å²) in [5, 5.41) is 6.66. The highest BCUT2D eigenvalue weighted by Crippen LogP contribution is 2.24. The Bertz CT molecular complexity index is 802. The Morgan fingerprint density at radius 3 is 2.67 bits per heavy atom. The first-order valence-corrected chi connectivity index (χ1v) is 10.2. The molecule has 1 aliphatic heterocycles. The maximum absolute atomic E-state index is 12.3. The monoisotopic (exact) mass is 385 g/mol. The van der Waals surface area contributed by atoms with Crippen molar-refractivity contribution in [3.63, 3.8) is 0 Å². The van der Waals surface area contributed by atoms with Crippen molar-refractivity contribution in [3.05, 3.63) is 57.8 Å². The van der Waals surface area contributed by atoms with Crippen LogP contribution in [0.2, 0.25) is 0 Å². The zero-order valence-electron chi connectivity index (χ0n) is 16.2. The van der Waals surface area contributed by atoms with Crippen LogP contribution in [0.4, 0.5) is 0 Å². The number of fused-ring (bicyclic) bond motifs is 1. The zero-order valence-corrected chi connectivity index (χ0v) is 17.0. The highest BCUT2D eigenvalue weighted by molar-refractivity contribution is 7.08. The van der Waals surface area contributed by atoms with Crippen molar-refractivity contribution in [2.75, 3.05) is 26.7 Å². The fourth-order valence-corrected chi connectivity index (χ4v) is 4.02. The van der Waals surface area contributed by atoms with Gasteiger partial charge in [-0.2, -0.15) is 11.3 Å². The second kappa shape index (κ2) is 8.23. The quantitative estimate of drug-likeness (QED) is 0.832. The van der Waals surface area contributed by atoms with E-state index in [1.165, 1.54) is 27.4 Å². The van der Waals surface area contributed by atoms with Crippen LogP contribution in [-0.4, -0.2) is 53.8 Å². The van der Waals surface area contributed by atoms with E-state index in [1.807, 2.05) is 5.38 Å². The SMILES string of the molecule is CN(CC(=O)NCC(C)(C)N1CCc2ccccc2C1)C(=O)c1ccsc1. The summed E-state index contributed by atoms with van der Waals surface area (Å²) >= 11 is 1.48. The average molecular weight is 386 g/mol. The second-order valence-corrected chi connectivity index (χ2v) is 8.48. The van der Waals surface area contributed by atoms with Gasteiger partial charge in [-0.1, -0.05) is 24.3 Å². The molecule has 0 atom stereocenters. The van der Waals surface area contributed by atoms with Crippen LogP contribution in [0.25, 0.3) is 0 Å². The van der Waals surface area contributed by atoms with Gasteiger partial charge in [0, 0.05) is 37.6 Å². The van der Waals surface area contributed by atoms with E-state index in [0.717, 1.165) is 19.5 Å². The topological polar surface area (TPSA) is 52.7 Å². The molecule has 0 fully saturated rings. The van der Waals surface area contributed by atoms with Crippen LogP contribution in [0.15, 0.2) is 41.1 Å². The molecular weight excluding hydrogens is 358 g/mol. The number of benzene rings is 1. The van der Waals surface area contributed by atoms with Gasteiger partial charge in [0.1, 0.15) is 0 Å². The molecule has 0 saturated carbocycles. The van der Waals surface area contributed by atoms with E-state index in [-0.39, 0.29) is 23.9 Å². The summed E-state index contributed by atoms with van der Waals surface area (Å²) in [7, 11) is 1.66. The fourth-order valence-electron chi connectivity index (χ4n) is 3.39. The Kier molecular flexibility index (Phi) is 5.97. The summed E-state index contributed by atoms with van der Waals surface area (Å²) in [5.41, 5.74) is 3.26. The average Bonchev–Trinajstić information content (AvgIpc) is 3.20. The molecule has 2 amide bonds. The fraction of sp³-hybridized carbons (Fsp3) is 0.429. The predicted molar refractivity (Wildman–Crippen MR) is 109 cm³/mol. The Hall–Kier alpha value is -2.18. The minimum Gasteiger partial charge on any atom is -0.353 e. The van der Waals surface area contributed by atoms with Crippen molar-refractivity contribution in [3.8, 4) is 0 Å². The van der Waals surface area contributed by atoms with E-state index >= 15 is 0 Å². The molecule has 1 aromatic heterocycles. The van der Waals surface area contributed by atoms with Gasteiger partial charge in [0.2, 0.25) is 5.91 Å². The Labute approximate surface area is 165 Å². The minimum atomic E-state index is -0.154. The number of nitrogens with one attached hydrogen (secondary N) is 1. The lowest BCUT2D eigenvalue weighted by Gasteiger charge is -2.41. The summed E-state index contributed by atoms with van der Waals surface area (Å²) < 4.78 is 0. The first-order valence-electron chi connectivity index (χ1n) is 9.23.